The van der Waals surface area contributed by atoms with Gasteiger partial charge in [-0.1, -0.05) is 31.5 Å². The fraction of sp³-hybridized carbons (Fsp3) is 0.444. The number of hydrogen-bond donors (Lipinski definition) is 1. The predicted octanol–water partition coefficient (Wildman–Crippen LogP) is 2.69. The van der Waals surface area contributed by atoms with Gasteiger partial charge in [-0.2, -0.15) is 11.8 Å². The minimum atomic E-state index is -0.214. The maximum atomic E-state index is 12.8. The van der Waals surface area contributed by atoms with Crippen LogP contribution >= 0.6 is 11.8 Å². The molecule has 24 heavy (non-hydrogen) atoms. The summed E-state index contributed by atoms with van der Waals surface area (Å²) in [5.74, 6) is 1.38. The Kier molecular flexibility index (Phi) is 4.85. The second-order valence-electron chi connectivity index (χ2n) is 6.58. The number of thioether (sulfide) groups is 1. The number of amides is 1. The Morgan fingerprint density at radius 1 is 1.29 bits per heavy atom. The first-order valence-electron chi connectivity index (χ1n) is 8.25. The number of aromatic nitrogens is 2. The van der Waals surface area contributed by atoms with Crippen LogP contribution in [0.15, 0.2) is 35.1 Å². The van der Waals surface area contributed by atoms with Gasteiger partial charge in [0.25, 0.3) is 11.5 Å². The first-order valence-corrected chi connectivity index (χ1v) is 9.30. The van der Waals surface area contributed by atoms with E-state index in [0.29, 0.717) is 16.9 Å². The second kappa shape index (κ2) is 6.89. The molecule has 3 rings (SSSR count). The maximum Gasteiger partial charge on any atom is 0.272 e. The van der Waals surface area contributed by atoms with Crippen LogP contribution in [-0.2, 0) is 0 Å². The van der Waals surface area contributed by atoms with Crippen molar-refractivity contribution in [3.8, 4) is 5.69 Å². The lowest BCUT2D eigenvalue weighted by Crippen LogP contribution is -2.43. The number of rotatable bonds is 3. The molecule has 1 fully saturated rings. The van der Waals surface area contributed by atoms with Gasteiger partial charge in [0.2, 0.25) is 0 Å². The number of nitrogens with one attached hydrogen (secondary N) is 1. The Morgan fingerprint density at radius 2 is 2.00 bits per heavy atom. The molecule has 1 aliphatic heterocycles. The molecule has 1 N–H and O–H groups in total. The van der Waals surface area contributed by atoms with Gasteiger partial charge in [0.15, 0.2) is 0 Å². The normalized spacial score (nSPS) is 18.2. The molecule has 1 amide bonds. The van der Waals surface area contributed by atoms with Gasteiger partial charge < -0.3 is 4.90 Å². The molecule has 0 spiro atoms. The Morgan fingerprint density at radius 3 is 2.67 bits per heavy atom. The van der Waals surface area contributed by atoms with Crippen LogP contribution in [0.3, 0.4) is 0 Å². The number of carbonyl (C=O) groups is 1. The van der Waals surface area contributed by atoms with E-state index in [1.807, 2.05) is 47.9 Å². The molecule has 1 saturated heterocycles. The summed E-state index contributed by atoms with van der Waals surface area (Å²) in [7, 11) is 0. The van der Waals surface area contributed by atoms with Crippen molar-refractivity contribution in [3.05, 3.63) is 51.9 Å². The number of carbonyl (C=O) groups excluding carboxylic acids is 1. The van der Waals surface area contributed by atoms with Crippen LogP contribution in [0, 0.1) is 12.8 Å². The third kappa shape index (κ3) is 3.43. The van der Waals surface area contributed by atoms with Gasteiger partial charge >= 0.3 is 0 Å². The molecule has 1 atom stereocenters. The van der Waals surface area contributed by atoms with Crippen LogP contribution < -0.4 is 5.56 Å². The van der Waals surface area contributed by atoms with Crippen LogP contribution in [0.25, 0.3) is 5.69 Å². The smallest absolute Gasteiger partial charge is 0.272 e. The first kappa shape index (κ1) is 16.9. The lowest BCUT2D eigenvalue weighted by Gasteiger charge is -2.34. The lowest BCUT2D eigenvalue weighted by atomic mass is 10.1. The molecule has 0 saturated carbocycles. The Labute approximate surface area is 146 Å². The number of aromatic amines is 1. The highest BCUT2D eigenvalue weighted by Crippen LogP contribution is 2.25. The van der Waals surface area contributed by atoms with Gasteiger partial charge in [-0.15, -0.1) is 0 Å². The van der Waals surface area contributed by atoms with Gasteiger partial charge in [-0.25, -0.2) is 4.68 Å². The number of H-pyrrole nitrogens is 1. The summed E-state index contributed by atoms with van der Waals surface area (Å²) in [5.41, 5.74) is 2.00. The molecule has 0 unspecified atom stereocenters. The van der Waals surface area contributed by atoms with Gasteiger partial charge in [-0.3, -0.25) is 14.7 Å². The summed E-state index contributed by atoms with van der Waals surface area (Å²) in [6.07, 6.45) is 0. The Hall–Kier alpha value is -1.95. The monoisotopic (exact) mass is 345 g/mol. The highest BCUT2D eigenvalue weighted by atomic mass is 32.2. The van der Waals surface area contributed by atoms with E-state index in [0.717, 1.165) is 30.1 Å². The zero-order chi connectivity index (χ0) is 17.3. The Balaban J connectivity index is 1.82. The topological polar surface area (TPSA) is 58.1 Å². The average Bonchev–Trinajstić information content (AvgIpc) is 2.97. The molecular formula is C18H23N3O2S. The van der Waals surface area contributed by atoms with E-state index in [1.165, 1.54) is 10.7 Å². The quantitative estimate of drug-likeness (QED) is 0.930. The number of nitrogens with zero attached hydrogens (tertiary/aromatic N) is 2. The average molecular weight is 345 g/mol. The largest absolute Gasteiger partial charge is 0.335 e. The summed E-state index contributed by atoms with van der Waals surface area (Å²) in [6, 6.07) is 9.02. The van der Waals surface area contributed by atoms with Crippen molar-refractivity contribution < 1.29 is 4.79 Å². The SMILES string of the molecule is Cc1ccc(-n2[nH]c(C(=O)N3CCS[C@@H](C(C)C)C3)cc2=O)cc1. The summed E-state index contributed by atoms with van der Waals surface area (Å²) in [6.45, 7) is 7.82. The van der Waals surface area contributed by atoms with E-state index in [1.54, 1.807) is 0 Å². The van der Waals surface area contributed by atoms with E-state index in [9.17, 15) is 9.59 Å². The van der Waals surface area contributed by atoms with Crippen molar-refractivity contribution in [2.24, 2.45) is 5.92 Å². The van der Waals surface area contributed by atoms with Gasteiger partial charge in [0.1, 0.15) is 5.69 Å². The lowest BCUT2D eigenvalue weighted by molar-refractivity contribution is 0.0749. The van der Waals surface area contributed by atoms with Crippen LogP contribution in [0.4, 0.5) is 0 Å². The molecule has 1 aliphatic rings. The predicted molar refractivity (Wildman–Crippen MR) is 98.1 cm³/mol. The number of hydrogen-bond acceptors (Lipinski definition) is 3. The summed E-state index contributed by atoms with van der Waals surface area (Å²) in [5, 5.41) is 3.42. The molecule has 0 bridgehead atoms. The first-order chi connectivity index (χ1) is 11.5. The van der Waals surface area contributed by atoms with Crippen LogP contribution in [-0.4, -0.2) is 44.7 Å². The van der Waals surface area contributed by atoms with Crippen LogP contribution in [0.1, 0.15) is 29.9 Å². The highest BCUT2D eigenvalue weighted by molar-refractivity contribution is 8.00. The molecule has 0 radical (unpaired) electrons. The van der Waals surface area contributed by atoms with Crippen molar-refractivity contribution in [1.29, 1.82) is 0 Å². The van der Waals surface area contributed by atoms with Gasteiger partial charge in [0, 0.05) is 30.2 Å². The van der Waals surface area contributed by atoms with Crippen molar-refractivity contribution in [3.63, 3.8) is 0 Å². The van der Waals surface area contributed by atoms with Gasteiger partial charge in [0.05, 0.1) is 5.69 Å². The molecule has 128 valence electrons. The third-order valence-electron chi connectivity index (χ3n) is 4.37. The fourth-order valence-corrected chi connectivity index (χ4v) is 4.12. The minimum Gasteiger partial charge on any atom is -0.335 e. The highest BCUT2D eigenvalue weighted by Gasteiger charge is 2.27. The van der Waals surface area contributed by atoms with E-state index in [-0.39, 0.29) is 11.5 Å². The zero-order valence-electron chi connectivity index (χ0n) is 14.3. The van der Waals surface area contributed by atoms with E-state index in [2.05, 4.69) is 18.9 Å². The number of aryl methyl sites for hydroxylation is 1. The van der Waals surface area contributed by atoms with Crippen molar-refractivity contribution in [2.75, 3.05) is 18.8 Å². The zero-order valence-corrected chi connectivity index (χ0v) is 15.1. The Bertz CT molecular complexity index is 776. The van der Waals surface area contributed by atoms with Crippen molar-refractivity contribution >= 4 is 17.7 Å². The van der Waals surface area contributed by atoms with Crippen molar-refractivity contribution in [1.82, 2.24) is 14.7 Å². The summed E-state index contributed by atoms with van der Waals surface area (Å²) in [4.78, 5) is 26.8. The van der Waals surface area contributed by atoms with Crippen molar-refractivity contribution in [2.45, 2.75) is 26.0 Å². The number of benzene rings is 1. The summed E-state index contributed by atoms with van der Waals surface area (Å²) < 4.78 is 1.42. The summed E-state index contributed by atoms with van der Waals surface area (Å²) >= 11 is 1.92. The molecule has 1 aromatic heterocycles. The molecule has 2 heterocycles. The standard InChI is InChI=1S/C18H23N3O2S/c1-12(2)16-11-20(8-9-24-16)18(23)15-10-17(22)21(19-15)14-6-4-13(3)5-7-14/h4-7,10,12,16,19H,8-9,11H2,1-3H3/t16-/m1/s1. The van der Waals surface area contributed by atoms with E-state index >= 15 is 0 Å². The molecule has 6 heteroatoms. The minimum absolute atomic E-state index is 0.0936. The molecule has 1 aromatic carbocycles. The molecule has 0 aliphatic carbocycles. The van der Waals surface area contributed by atoms with Crippen LogP contribution in [0.5, 0.6) is 0 Å². The third-order valence-corrected chi connectivity index (χ3v) is 5.91. The molecule has 2 aromatic rings. The van der Waals surface area contributed by atoms with Crippen LogP contribution in [0.2, 0.25) is 0 Å². The van der Waals surface area contributed by atoms with E-state index in [4.69, 9.17) is 0 Å². The second-order valence-corrected chi connectivity index (χ2v) is 7.93. The molecular weight excluding hydrogens is 322 g/mol. The molecule has 5 nitrogen and oxygen atoms in total. The van der Waals surface area contributed by atoms with E-state index < -0.39 is 0 Å². The fourth-order valence-electron chi connectivity index (χ4n) is 2.82. The van der Waals surface area contributed by atoms with Gasteiger partial charge in [-0.05, 0) is 25.0 Å². The maximum absolute atomic E-state index is 12.8.